The lowest BCUT2D eigenvalue weighted by Crippen LogP contribution is -2.41. The first-order valence-electron chi connectivity index (χ1n) is 13.3. The smallest absolute Gasteiger partial charge is 0.255 e. The molecule has 1 saturated heterocycles. The van der Waals surface area contributed by atoms with E-state index in [1.807, 2.05) is 19.1 Å². The minimum Gasteiger partial charge on any atom is -0.497 e. The van der Waals surface area contributed by atoms with E-state index >= 15 is 0 Å². The fraction of sp³-hybridized carbons (Fsp3) is 0.379. The van der Waals surface area contributed by atoms with Crippen LogP contribution < -0.4 is 15.4 Å². The molecule has 0 aliphatic carbocycles. The number of anilines is 1. The predicted octanol–water partition coefficient (Wildman–Crippen LogP) is 3.90. The summed E-state index contributed by atoms with van der Waals surface area (Å²) in [6.07, 6.45) is 3.24. The number of carbonyl (C=O) groups is 2. The number of aliphatic hydroxyl groups excluding tert-OH is 1. The summed E-state index contributed by atoms with van der Waals surface area (Å²) >= 11 is 6.46. The quantitative estimate of drug-likeness (QED) is 0.346. The summed E-state index contributed by atoms with van der Waals surface area (Å²) in [6.45, 7) is 2.48. The number of fused-ring (bicyclic) bond motifs is 1. The van der Waals surface area contributed by atoms with Crippen LogP contribution in [0.1, 0.15) is 53.3 Å². The minimum atomic E-state index is -0.877. The third-order valence-corrected chi connectivity index (χ3v) is 7.67. The molecule has 12 heteroatoms. The summed E-state index contributed by atoms with van der Waals surface area (Å²) in [6, 6.07) is 8.32. The molecular weight excluding hydrogens is 553 g/mol. The molecule has 0 radical (unpaired) electrons. The first-order valence-corrected chi connectivity index (χ1v) is 13.7. The lowest BCUT2D eigenvalue weighted by Gasteiger charge is -2.24. The van der Waals surface area contributed by atoms with E-state index in [9.17, 15) is 19.1 Å². The second-order valence-corrected chi connectivity index (χ2v) is 10.5. The number of hydrogen-bond acceptors (Lipinski definition) is 8. The summed E-state index contributed by atoms with van der Waals surface area (Å²) < 4.78 is 24.5. The van der Waals surface area contributed by atoms with Crippen LogP contribution in [0.15, 0.2) is 42.6 Å². The van der Waals surface area contributed by atoms with Crippen molar-refractivity contribution in [2.75, 3.05) is 38.8 Å². The monoisotopic (exact) mass is 583 g/mol. The van der Waals surface area contributed by atoms with E-state index < -0.39 is 24.4 Å². The Balaban J connectivity index is 1.31. The van der Waals surface area contributed by atoms with Gasteiger partial charge in [0.05, 0.1) is 42.7 Å². The number of ether oxygens (including phenoxy) is 2. The number of amides is 2. The van der Waals surface area contributed by atoms with Crippen LogP contribution >= 0.6 is 11.6 Å². The van der Waals surface area contributed by atoms with Crippen molar-refractivity contribution < 1.29 is 28.6 Å². The number of nitrogens with one attached hydrogen (secondary N) is 2. The van der Waals surface area contributed by atoms with Gasteiger partial charge in [-0.25, -0.2) is 14.4 Å². The second kappa shape index (κ2) is 12.4. The molecule has 0 saturated carbocycles. The maximum absolute atomic E-state index is 14.0. The molecule has 3 aromatic rings. The molecule has 2 aromatic carbocycles. The molecule has 2 atom stereocenters. The molecular formula is C29H31ClFN5O5. The number of rotatable bonds is 9. The average molecular weight is 584 g/mol. The highest BCUT2D eigenvalue weighted by molar-refractivity contribution is 6.33. The average Bonchev–Trinajstić information content (AvgIpc) is 3.21. The third kappa shape index (κ3) is 6.27. The number of benzene rings is 2. The number of hydrogen-bond donors (Lipinski definition) is 3. The van der Waals surface area contributed by atoms with Crippen molar-refractivity contribution in [3.63, 3.8) is 0 Å². The van der Waals surface area contributed by atoms with Crippen LogP contribution in [0, 0.1) is 5.82 Å². The van der Waals surface area contributed by atoms with Crippen LogP contribution in [0.2, 0.25) is 5.02 Å². The van der Waals surface area contributed by atoms with Crippen molar-refractivity contribution in [2.45, 2.75) is 37.9 Å². The van der Waals surface area contributed by atoms with Gasteiger partial charge in [-0.2, -0.15) is 0 Å². The van der Waals surface area contributed by atoms with Gasteiger partial charge in [0.15, 0.2) is 0 Å². The summed E-state index contributed by atoms with van der Waals surface area (Å²) in [5.41, 5.74) is 2.71. The lowest BCUT2D eigenvalue weighted by atomic mass is 10.0. The Morgan fingerprint density at radius 3 is 2.78 bits per heavy atom. The molecule has 1 fully saturated rings. The van der Waals surface area contributed by atoms with Crippen LogP contribution in [0.4, 0.5) is 10.3 Å². The van der Waals surface area contributed by atoms with E-state index in [4.69, 9.17) is 21.1 Å². The maximum Gasteiger partial charge on any atom is 0.255 e. The van der Waals surface area contributed by atoms with Crippen LogP contribution in [0.3, 0.4) is 0 Å². The Morgan fingerprint density at radius 1 is 1.27 bits per heavy atom. The van der Waals surface area contributed by atoms with Crippen molar-refractivity contribution in [1.29, 1.82) is 0 Å². The molecule has 3 N–H and O–H groups in total. The van der Waals surface area contributed by atoms with Crippen LogP contribution in [-0.2, 0) is 9.53 Å². The van der Waals surface area contributed by atoms with E-state index in [1.54, 1.807) is 6.07 Å². The zero-order valence-corrected chi connectivity index (χ0v) is 23.4. The van der Waals surface area contributed by atoms with Crippen LogP contribution in [-0.4, -0.2) is 71.3 Å². The van der Waals surface area contributed by atoms with E-state index in [0.29, 0.717) is 46.6 Å². The van der Waals surface area contributed by atoms with Gasteiger partial charge in [-0.05, 0) is 49.1 Å². The zero-order valence-electron chi connectivity index (χ0n) is 22.7. The molecule has 10 nitrogen and oxygen atoms in total. The van der Waals surface area contributed by atoms with Crippen molar-refractivity contribution in [2.24, 2.45) is 0 Å². The maximum atomic E-state index is 14.0. The molecule has 1 aromatic heterocycles. The molecule has 0 spiro atoms. The standard InChI is InChI=1S/C29H31ClFN5O5/c1-16-22-4-3-17(27-24(30)13-32-29(35-27)33-20-5-7-41-8-6-20)11-23(22)28(39)36(16)14-26(38)34-25(15-37)18-9-19(31)12-21(10-18)40-2/h3-4,9-13,16,20,25,37H,5-8,14-15H2,1-2H3,(H,34,38)(H,32,33,35)/t16-,25?/m1/s1. The highest BCUT2D eigenvalue weighted by Gasteiger charge is 2.35. The van der Waals surface area contributed by atoms with E-state index in [2.05, 4.69) is 20.6 Å². The molecule has 216 valence electrons. The number of carbonyl (C=O) groups excluding carboxylic acids is 2. The SMILES string of the molecule is COc1cc(F)cc(C(CO)NC(=O)CN2C(=O)c3cc(-c4nc(NC5CCOCC5)ncc4Cl)ccc3[C@H]2C)c1. The van der Waals surface area contributed by atoms with Gasteiger partial charge >= 0.3 is 0 Å². The predicted molar refractivity (Wildman–Crippen MR) is 150 cm³/mol. The first-order chi connectivity index (χ1) is 19.8. The molecule has 1 unspecified atom stereocenters. The number of nitrogens with zero attached hydrogens (tertiary/aromatic N) is 3. The highest BCUT2D eigenvalue weighted by atomic mass is 35.5. The Kier molecular flexibility index (Phi) is 8.67. The Morgan fingerprint density at radius 2 is 2.05 bits per heavy atom. The van der Waals surface area contributed by atoms with Gasteiger partial charge in [-0.3, -0.25) is 9.59 Å². The van der Waals surface area contributed by atoms with Gasteiger partial charge < -0.3 is 30.1 Å². The topological polar surface area (TPSA) is 126 Å². The van der Waals surface area contributed by atoms with Crippen molar-refractivity contribution in [3.8, 4) is 17.0 Å². The van der Waals surface area contributed by atoms with Crippen molar-refractivity contribution in [1.82, 2.24) is 20.2 Å². The molecule has 2 amide bonds. The number of aliphatic hydroxyl groups is 1. The molecule has 2 aliphatic heterocycles. The third-order valence-electron chi connectivity index (χ3n) is 7.40. The Hall–Kier alpha value is -3.80. The molecule has 5 rings (SSSR count). The number of halogens is 2. The Labute approximate surface area is 241 Å². The summed E-state index contributed by atoms with van der Waals surface area (Å²) in [5.74, 6) is -0.662. The van der Waals surface area contributed by atoms with Gasteiger partial charge in [0.2, 0.25) is 11.9 Å². The largest absolute Gasteiger partial charge is 0.497 e. The lowest BCUT2D eigenvalue weighted by molar-refractivity contribution is -0.123. The molecule has 3 heterocycles. The van der Waals surface area contributed by atoms with E-state index in [1.165, 1.54) is 36.4 Å². The van der Waals surface area contributed by atoms with Crippen LogP contribution in [0.5, 0.6) is 5.75 Å². The normalized spacial score (nSPS) is 17.7. The van der Waals surface area contributed by atoms with Gasteiger partial charge in [0, 0.05) is 36.4 Å². The second-order valence-electron chi connectivity index (χ2n) is 10.1. The first kappa shape index (κ1) is 28.7. The number of aromatic nitrogens is 2. The van der Waals surface area contributed by atoms with Crippen LogP contribution in [0.25, 0.3) is 11.3 Å². The Bertz CT molecular complexity index is 1450. The molecule has 0 bridgehead atoms. The summed E-state index contributed by atoms with van der Waals surface area (Å²) in [7, 11) is 1.40. The minimum absolute atomic E-state index is 0.202. The van der Waals surface area contributed by atoms with Gasteiger partial charge in [-0.1, -0.05) is 23.7 Å². The van der Waals surface area contributed by atoms with E-state index in [-0.39, 0.29) is 30.3 Å². The molecule has 2 aliphatic rings. The van der Waals surface area contributed by atoms with Gasteiger partial charge in [-0.15, -0.1) is 0 Å². The van der Waals surface area contributed by atoms with Crippen molar-refractivity contribution >= 4 is 29.4 Å². The fourth-order valence-electron chi connectivity index (χ4n) is 5.16. The van der Waals surface area contributed by atoms with Gasteiger partial charge in [0.25, 0.3) is 5.91 Å². The number of methoxy groups -OCH3 is 1. The highest BCUT2D eigenvalue weighted by Crippen LogP contribution is 2.37. The zero-order chi connectivity index (χ0) is 29.1. The summed E-state index contributed by atoms with van der Waals surface area (Å²) in [4.78, 5) is 36.8. The fourth-order valence-corrected chi connectivity index (χ4v) is 5.36. The van der Waals surface area contributed by atoms with E-state index in [0.717, 1.165) is 18.4 Å². The van der Waals surface area contributed by atoms with Gasteiger partial charge in [0.1, 0.15) is 18.1 Å². The summed E-state index contributed by atoms with van der Waals surface area (Å²) in [5, 5.41) is 16.2. The van der Waals surface area contributed by atoms with Crippen molar-refractivity contribution in [3.05, 3.63) is 70.1 Å². The molecule has 41 heavy (non-hydrogen) atoms.